The van der Waals surface area contributed by atoms with Gasteiger partial charge in [0.1, 0.15) is 5.49 Å². The van der Waals surface area contributed by atoms with Gasteiger partial charge >= 0.3 is 0 Å². The Kier molecular flexibility index (Phi) is 5.47. The summed E-state index contributed by atoms with van der Waals surface area (Å²) in [6, 6.07) is 0.567. The molecule has 1 unspecified atom stereocenters. The summed E-state index contributed by atoms with van der Waals surface area (Å²) in [7, 11) is 0. The third kappa shape index (κ3) is 3.19. The van der Waals surface area contributed by atoms with Crippen LogP contribution in [0.15, 0.2) is 0 Å². The van der Waals surface area contributed by atoms with Gasteiger partial charge in [0, 0.05) is 12.6 Å². The van der Waals surface area contributed by atoms with Gasteiger partial charge in [-0.05, 0) is 19.3 Å². The van der Waals surface area contributed by atoms with Crippen molar-refractivity contribution in [1.29, 1.82) is 0 Å². The second-order valence-electron chi connectivity index (χ2n) is 3.10. The molecule has 0 saturated heterocycles. The summed E-state index contributed by atoms with van der Waals surface area (Å²) in [6.45, 7) is 9.73. The minimum Gasteiger partial charge on any atom is -0.357 e. The average molecular weight is 172 g/mol. The molecule has 0 amide bonds. The molecular formula is C9H18NS. The van der Waals surface area contributed by atoms with Crippen molar-refractivity contribution in [2.24, 2.45) is 5.92 Å². The summed E-state index contributed by atoms with van der Waals surface area (Å²) in [4.78, 5) is 2.11. The molecule has 1 nitrogen and oxygen atoms in total. The van der Waals surface area contributed by atoms with Crippen LogP contribution in [-0.2, 0) is 0 Å². The SMILES string of the molecule is CCC(C(C)C)N([C]=S)CC. The van der Waals surface area contributed by atoms with Crippen LogP contribution in [0.4, 0.5) is 0 Å². The highest BCUT2D eigenvalue weighted by Crippen LogP contribution is 2.12. The lowest BCUT2D eigenvalue weighted by Gasteiger charge is -2.30. The Labute approximate surface area is 75.8 Å². The first kappa shape index (κ1) is 10.9. The van der Waals surface area contributed by atoms with E-state index in [1.165, 1.54) is 0 Å². The van der Waals surface area contributed by atoms with Crippen LogP contribution in [0.2, 0.25) is 0 Å². The summed E-state index contributed by atoms with van der Waals surface area (Å²) in [5.74, 6) is 0.662. The smallest absolute Gasteiger partial charge is 0.137 e. The molecule has 0 aromatic heterocycles. The zero-order chi connectivity index (χ0) is 8.85. The van der Waals surface area contributed by atoms with E-state index >= 15 is 0 Å². The largest absolute Gasteiger partial charge is 0.357 e. The summed E-state index contributed by atoms with van der Waals surface area (Å²) in [5.41, 5.74) is 2.80. The van der Waals surface area contributed by atoms with E-state index in [1.807, 2.05) is 0 Å². The molecule has 0 aromatic rings. The van der Waals surface area contributed by atoms with E-state index in [0.717, 1.165) is 13.0 Å². The van der Waals surface area contributed by atoms with Crippen molar-refractivity contribution in [3.05, 3.63) is 0 Å². The van der Waals surface area contributed by atoms with E-state index in [-0.39, 0.29) is 0 Å². The first-order chi connectivity index (χ1) is 5.17. The van der Waals surface area contributed by atoms with E-state index in [4.69, 9.17) is 12.2 Å². The Bertz CT molecular complexity index is 112. The normalized spacial score (nSPS) is 13.2. The third-order valence-electron chi connectivity index (χ3n) is 2.05. The van der Waals surface area contributed by atoms with Crippen LogP contribution in [0.5, 0.6) is 0 Å². The topological polar surface area (TPSA) is 3.24 Å². The molecule has 0 aliphatic carbocycles. The minimum atomic E-state index is 0.567. The number of hydrogen-bond acceptors (Lipinski definition) is 1. The minimum absolute atomic E-state index is 0.567. The molecule has 0 heterocycles. The van der Waals surface area contributed by atoms with Crippen molar-refractivity contribution in [3.8, 4) is 0 Å². The number of hydrogen-bond donors (Lipinski definition) is 0. The molecule has 0 fully saturated rings. The molecule has 0 saturated carbocycles. The van der Waals surface area contributed by atoms with Crippen LogP contribution >= 0.6 is 12.2 Å². The zero-order valence-corrected chi connectivity index (χ0v) is 8.74. The lowest BCUT2D eigenvalue weighted by molar-refractivity contribution is 0.260. The predicted molar refractivity (Wildman–Crippen MR) is 53.9 cm³/mol. The fraction of sp³-hybridized carbons (Fsp3) is 0.889. The monoisotopic (exact) mass is 172 g/mol. The van der Waals surface area contributed by atoms with Crippen LogP contribution in [-0.4, -0.2) is 23.0 Å². The van der Waals surface area contributed by atoms with Crippen LogP contribution in [0, 0.1) is 5.92 Å². The molecule has 0 bridgehead atoms. The molecule has 1 atom stereocenters. The highest BCUT2D eigenvalue weighted by atomic mass is 32.1. The molecule has 0 aliphatic rings. The molecule has 0 aromatic carbocycles. The van der Waals surface area contributed by atoms with Gasteiger partial charge in [0.05, 0.1) is 0 Å². The molecular weight excluding hydrogens is 154 g/mol. The van der Waals surface area contributed by atoms with Crippen LogP contribution in [0.25, 0.3) is 0 Å². The van der Waals surface area contributed by atoms with Crippen molar-refractivity contribution < 1.29 is 0 Å². The summed E-state index contributed by atoms with van der Waals surface area (Å²) < 4.78 is 0. The molecule has 11 heavy (non-hydrogen) atoms. The second kappa shape index (κ2) is 5.53. The Morgan fingerprint density at radius 2 is 1.91 bits per heavy atom. The Hall–Kier alpha value is -0.110. The summed E-state index contributed by atoms with van der Waals surface area (Å²) >= 11 is 4.81. The van der Waals surface area contributed by atoms with Gasteiger partial charge in [0.15, 0.2) is 0 Å². The molecule has 0 rings (SSSR count). The first-order valence-electron chi connectivity index (χ1n) is 4.31. The van der Waals surface area contributed by atoms with Gasteiger partial charge in [-0.3, -0.25) is 0 Å². The van der Waals surface area contributed by atoms with Gasteiger partial charge < -0.3 is 4.90 Å². The van der Waals surface area contributed by atoms with E-state index < -0.39 is 0 Å². The molecule has 1 radical (unpaired) electrons. The van der Waals surface area contributed by atoms with Crippen molar-refractivity contribution in [2.75, 3.05) is 6.54 Å². The summed E-state index contributed by atoms with van der Waals surface area (Å²) in [5, 5.41) is 0. The molecule has 0 spiro atoms. The fourth-order valence-corrected chi connectivity index (χ4v) is 1.68. The third-order valence-corrected chi connectivity index (χ3v) is 2.28. The number of rotatable bonds is 5. The zero-order valence-electron chi connectivity index (χ0n) is 7.92. The fourth-order valence-electron chi connectivity index (χ4n) is 1.42. The molecule has 2 heteroatoms. The highest BCUT2D eigenvalue weighted by Gasteiger charge is 2.15. The van der Waals surface area contributed by atoms with Crippen molar-refractivity contribution >= 4 is 17.7 Å². The van der Waals surface area contributed by atoms with E-state index in [2.05, 4.69) is 38.1 Å². The maximum absolute atomic E-state index is 4.81. The van der Waals surface area contributed by atoms with Gasteiger partial charge in [0.25, 0.3) is 0 Å². The van der Waals surface area contributed by atoms with Crippen molar-refractivity contribution in [2.45, 2.75) is 40.2 Å². The molecule has 0 aliphatic heterocycles. The van der Waals surface area contributed by atoms with Crippen molar-refractivity contribution in [1.82, 2.24) is 4.90 Å². The molecule has 0 N–H and O–H groups in total. The number of nitrogens with zero attached hydrogens (tertiary/aromatic N) is 1. The van der Waals surface area contributed by atoms with Gasteiger partial charge in [-0.15, -0.1) is 0 Å². The maximum atomic E-state index is 4.81. The average Bonchev–Trinajstić information content (AvgIpc) is 1.99. The summed E-state index contributed by atoms with van der Waals surface area (Å²) in [6.07, 6.45) is 1.15. The van der Waals surface area contributed by atoms with E-state index in [9.17, 15) is 0 Å². The van der Waals surface area contributed by atoms with E-state index in [1.54, 1.807) is 0 Å². The maximum Gasteiger partial charge on any atom is 0.137 e. The second-order valence-corrected chi connectivity index (χ2v) is 3.28. The number of thiocarbonyl (C=S) groups is 1. The van der Waals surface area contributed by atoms with Crippen LogP contribution in [0.3, 0.4) is 0 Å². The first-order valence-corrected chi connectivity index (χ1v) is 4.72. The van der Waals surface area contributed by atoms with E-state index in [0.29, 0.717) is 12.0 Å². The highest BCUT2D eigenvalue weighted by molar-refractivity contribution is 7.78. The standard InChI is InChI=1S/C9H18NS/c1-5-9(8(3)4)10(6-2)7-11/h8-9H,5-6H2,1-4H3. The lowest BCUT2D eigenvalue weighted by atomic mass is 10.0. The van der Waals surface area contributed by atoms with Crippen LogP contribution in [0.1, 0.15) is 34.1 Å². The van der Waals surface area contributed by atoms with Gasteiger partial charge in [-0.2, -0.15) is 0 Å². The quantitative estimate of drug-likeness (QED) is 0.463. The predicted octanol–water partition coefficient (Wildman–Crippen LogP) is 2.58. The molecule has 65 valence electrons. The van der Waals surface area contributed by atoms with Crippen LogP contribution < -0.4 is 0 Å². The van der Waals surface area contributed by atoms with Gasteiger partial charge in [-0.25, -0.2) is 0 Å². The van der Waals surface area contributed by atoms with Gasteiger partial charge in [0.2, 0.25) is 0 Å². The Balaban J connectivity index is 4.08. The Morgan fingerprint density at radius 1 is 1.36 bits per heavy atom. The van der Waals surface area contributed by atoms with Gasteiger partial charge in [-0.1, -0.05) is 33.0 Å². The van der Waals surface area contributed by atoms with Crippen molar-refractivity contribution in [3.63, 3.8) is 0 Å². The Morgan fingerprint density at radius 3 is 2.00 bits per heavy atom. The lowest BCUT2D eigenvalue weighted by Crippen LogP contribution is -2.36.